The third-order valence-electron chi connectivity index (χ3n) is 4.83. The Morgan fingerprint density at radius 1 is 1.12 bits per heavy atom. The number of amides is 1. The molecule has 4 heteroatoms. The van der Waals surface area contributed by atoms with Crippen LogP contribution in [0.25, 0.3) is 0 Å². The van der Waals surface area contributed by atoms with Gasteiger partial charge >= 0.3 is 6.09 Å². The van der Waals surface area contributed by atoms with Crippen LogP contribution in [-0.2, 0) is 10.3 Å². The SMILES string of the molecule is COc1ccc([C@H](C)N2CC[C@](C)(c3ccccc3)OC2=O)cc1. The zero-order valence-electron chi connectivity index (χ0n) is 14.4. The number of hydrogen-bond donors (Lipinski definition) is 0. The fraction of sp³-hybridized carbons (Fsp3) is 0.350. The number of hydrogen-bond acceptors (Lipinski definition) is 3. The van der Waals surface area contributed by atoms with Crippen molar-refractivity contribution < 1.29 is 14.3 Å². The molecule has 1 heterocycles. The van der Waals surface area contributed by atoms with Crippen molar-refractivity contribution in [3.05, 3.63) is 65.7 Å². The Labute approximate surface area is 143 Å². The molecule has 0 N–H and O–H groups in total. The predicted molar refractivity (Wildman–Crippen MR) is 93.0 cm³/mol. The molecule has 1 fully saturated rings. The van der Waals surface area contributed by atoms with Crippen molar-refractivity contribution in [2.45, 2.75) is 31.9 Å². The van der Waals surface area contributed by atoms with E-state index < -0.39 is 5.60 Å². The van der Waals surface area contributed by atoms with Gasteiger partial charge in [0.15, 0.2) is 0 Å². The molecule has 0 saturated carbocycles. The molecule has 0 radical (unpaired) electrons. The van der Waals surface area contributed by atoms with E-state index in [0.717, 1.165) is 23.3 Å². The molecule has 3 rings (SSSR count). The Morgan fingerprint density at radius 2 is 1.79 bits per heavy atom. The molecule has 126 valence electrons. The molecule has 2 atom stereocenters. The summed E-state index contributed by atoms with van der Waals surface area (Å²) in [6.07, 6.45) is 0.499. The topological polar surface area (TPSA) is 38.8 Å². The summed E-state index contributed by atoms with van der Waals surface area (Å²) in [4.78, 5) is 14.4. The Bertz CT molecular complexity index is 699. The van der Waals surface area contributed by atoms with Crippen LogP contribution in [0, 0.1) is 0 Å². The van der Waals surface area contributed by atoms with E-state index in [2.05, 4.69) is 0 Å². The van der Waals surface area contributed by atoms with Gasteiger partial charge in [-0.15, -0.1) is 0 Å². The first-order chi connectivity index (χ1) is 11.5. The first kappa shape index (κ1) is 16.4. The van der Waals surface area contributed by atoms with Gasteiger partial charge in [-0.25, -0.2) is 4.79 Å². The van der Waals surface area contributed by atoms with Crippen LogP contribution in [0.3, 0.4) is 0 Å². The third-order valence-corrected chi connectivity index (χ3v) is 4.83. The molecule has 24 heavy (non-hydrogen) atoms. The largest absolute Gasteiger partial charge is 0.497 e. The lowest BCUT2D eigenvalue weighted by molar-refractivity contribution is -0.0491. The smallest absolute Gasteiger partial charge is 0.411 e. The van der Waals surface area contributed by atoms with Gasteiger partial charge in [-0.1, -0.05) is 42.5 Å². The van der Waals surface area contributed by atoms with Gasteiger partial charge in [-0.2, -0.15) is 0 Å². The number of nitrogens with zero attached hydrogens (tertiary/aromatic N) is 1. The molecule has 0 unspecified atom stereocenters. The summed E-state index contributed by atoms with van der Waals surface area (Å²) in [7, 11) is 1.64. The number of cyclic esters (lactones) is 1. The number of carbonyl (C=O) groups excluding carboxylic acids is 1. The van der Waals surface area contributed by atoms with Crippen LogP contribution in [0.5, 0.6) is 5.75 Å². The highest BCUT2D eigenvalue weighted by molar-refractivity contribution is 5.70. The van der Waals surface area contributed by atoms with Crippen LogP contribution >= 0.6 is 0 Å². The van der Waals surface area contributed by atoms with Crippen LogP contribution in [0.2, 0.25) is 0 Å². The number of methoxy groups -OCH3 is 1. The van der Waals surface area contributed by atoms with Gasteiger partial charge < -0.3 is 14.4 Å². The van der Waals surface area contributed by atoms with E-state index >= 15 is 0 Å². The normalized spacial score (nSPS) is 22.0. The molecule has 0 bridgehead atoms. The standard InChI is InChI=1S/C20H23NO3/c1-15(16-9-11-18(23-3)12-10-16)21-14-13-20(2,24-19(21)22)17-7-5-4-6-8-17/h4-12,15H,13-14H2,1-3H3/t15-,20+/m0/s1. The second-order valence-electron chi connectivity index (χ2n) is 6.36. The Hall–Kier alpha value is -2.49. The van der Waals surface area contributed by atoms with Gasteiger partial charge in [0, 0.05) is 13.0 Å². The monoisotopic (exact) mass is 325 g/mol. The summed E-state index contributed by atoms with van der Waals surface area (Å²) < 4.78 is 11.0. The Kier molecular flexibility index (Phi) is 4.47. The summed E-state index contributed by atoms with van der Waals surface area (Å²) in [5.74, 6) is 0.809. The molecule has 0 aliphatic carbocycles. The van der Waals surface area contributed by atoms with Crippen molar-refractivity contribution in [2.75, 3.05) is 13.7 Å². The molecule has 1 amide bonds. The molecular formula is C20H23NO3. The summed E-state index contributed by atoms with van der Waals surface area (Å²) in [5.41, 5.74) is 1.54. The first-order valence-corrected chi connectivity index (χ1v) is 8.22. The molecule has 0 aromatic heterocycles. The number of rotatable bonds is 4. The number of benzene rings is 2. The average Bonchev–Trinajstić information content (AvgIpc) is 2.62. The molecule has 4 nitrogen and oxygen atoms in total. The molecule has 1 aliphatic heterocycles. The van der Waals surface area contributed by atoms with E-state index in [1.807, 2.05) is 68.4 Å². The lowest BCUT2D eigenvalue weighted by Crippen LogP contribution is -2.47. The maximum absolute atomic E-state index is 12.6. The Morgan fingerprint density at radius 3 is 2.38 bits per heavy atom. The maximum Gasteiger partial charge on any atom is 0.411 e. The fourth-order valence-corrected chi connectivity index (χ4v) is 3.14. The van der Waals surface area contributed by atoms with E-state index in [9.17, 15) is 4.79 Å². The molecular weight excluding hydrogens is 302 g/mol. The summed E-state index contributed by atoms with van der Waals surface area (Å²) in [5, 5.41) is 0. The Balaban J connectivity index is 1.74. The summed E-state index contributed by atoms with van der Waals surface area (Å²) in [6.45, 7) is 4.67. The minimum atomic E-state index is -0.561. The van der Waals surface area contributed by atoms with E-state index in [0.29, 0.717) is 6.54 Å². The molecule has 2 aromatic carbocycles. The van der Waals surface area contributed by atoms with Gasteiger partial charge in [0.25, 0.3) is 0 Å². The zero-order chi connectivity index (χ0) is 17.2. The van der Waals surface area contributed by atoms with E-state index in [1.54, 1.807) is 12.0 Å². The second-order valence-corrected chi connectivity index (χ2v) is 6.36. The van der Waals surface area contributed by atoms with Crippen molar-refractivity contribution >= 4 is 6.09 Å². The van der Waals surface area contributed by atoms with Crippen LogP contribution < -0.4 is 4.74 Å². The van der Waals surface area contributed by atoms with Crippen molar-refractivity contribution in [3.8, 4) is 5.75 Å². The zero-order valence-corrected chi connectivity index (χ0v) is 14.4. The predicted octanol–water partition coefficient (Wildman–Crippen LogP) is 4.51. The highest BCUT2D eigenvalue weighted by Crippen LogP contribution is 2.36. The van der Waals surface area contributed by atoms with E-state index in [4.69, 9.17) is 9.47 Å². The van der Waals surface area contributed by atoms with E-state index in [1.165, 1.54) is 0 Å². The summed E-state index contributed by atoms with van der Waals surface area (Å²) in [6, 6.07) is 17.7. The second kappa shape index (κ2) is 6.56. The van der Waals surface area contributed by atoms with Crippen molar-refractivity contribution in [3.63, 3.8) is 0 Å². The van der Waals surface area contributed by atoms with Gasteiger partial charge in [-0.3, -0.25) is 0 Å². The van der Waals surface area contributed by atoms with Crippen molar-refractivity contribution in [1.29, 1.82) is 0 Å². The minimum Gasteiger partial charge on any atom is -0.497 e. The highest BCUT2D eigenvalue weighted by atomic mass is 16.6. The average molecular weight is 325 g/mol. The van der Waals surface area contributed by atoms with Gasteiger partial charge in [0.2, 0.25) is 0 Å². The molecule has 2 aromatic rings. The lowest BCUT2D eigenvalue weighted by atomic mass is 9.90. The molecule has 1 saturated heterocycles. The minimum absolute atomic E-state index is 0.0382. The van der Waals surface area contributed by atoms with Crippen LogP contribution in [0.4, 0.5) is 4.79 Å². The summed E-state index contributed by atoms with van der Waals surface area (Å²) >= 11 is 0. The third kappa shape index (κ3) is 3.09. The maximum atomic E-state index is 12.6. The lowest BCUT2D eigenvalue weighted by Gasteiger charge is -2.41. The van der Waals surface area contributed by atoms with Crippen LogP contribution in [0.15, 0.2) is 54.6 Å². The number of carbonyl (C=O) groups is 1. The number of ether oxygens (including phenoxy) is 2. The fourth-order valence-electron chi connectivity index (χ4n) is 3.14. The van der Waals surface area contributed by atoms with Crippen LogP contribution in [0.1, 0.15) is 37.4 Å². The van der Waals surface area contributed by atoms with E-state index in [-0.39, 0.29) is 12.1 Å². The highest BCUT2D eigenvalue weighted by Gasteiger charge is 2.39. The quantitative estimate of drug-likeness (QED) is 0.830. The van der Waals surface area contributed by atoms with Crippen molar-refractivity contribution in [1.82, 2.24) is 4.90 Å². The van der Waals surface area contributed by atoms with Gasteiger partial charge in [0.05, 0.1) is 13.2 Å². The van der Waals surface area contributed by atoms with Gasteiger partial charge in [-0.05, 0) is 37.1 Å². The van der Waals surface area contributed by atoms with Gasteiger partial charge in [0.1, 0.15) is 11.4 Å². The van der Waals surface area contributed by atoms with Crippen molar-refractivity contribution in [2.24, 2.45) is 0 Å². The first-order valence-electron chi connectivity index (χ1n) is 8.22. The molecule has 0 spiro atoms. The molecule has 1 aliphatic rings. The van der Waals surface area contributed by atoms with Crippen LogP contribution in [-0.4, -0.2) is 24.6 Å².